The number of anilines is 2. The number of hydrazone groups is 2. The minimum Gasteiger partial charge on any atom is -0.492 e. The van der Waals surface area contributed by atoms with Gasteiger partial charge in [0.05, 0.1) is 30.2 Å². The van der Waals surface area contributed by atoms with Gasteiger partial charge in [0.2, 0.25) is 5.13 Å². The maximum absolute atomic E-state index is 13.1. The SMILES string of the molecule is CCOc1ccccc1N/N=C1/C(=O)N(c2nc(-c3ccc(CCCCCN=N)cc3)cs2)N=C1C. The fourth-order valence-corrected chi connectivity index (χ4v) is 4.53. The summed E-state index contributed by atoms with van der Waals surface area (Å²) in [5.41, 5.74) is 14.3. The van der Waals surface area contributed by atoms with Crippen molar-refractivity contribution in [3.63, 3.8) is 0 Å². The van der Waals surface area contributed by atoms with E-state index in [1.54, 1.807) is 6.92 Å². The second kappa shape index (κ2) is 12.2. The summed E-state index contributed by atoms with van der Waals surface area (Å²) >= 11 is 1.37. The molecule has 1 amide bonds. The molecule has 2 N–H and O–H groups in total. The summed E-state index contributed by atoms with van der Waals surface area (Å²) in [6, 6.07) is 15.8. The highest BCUT2D eigenvalue weighted by Crippen LogP contribution is 2.30. The number of nitrogens with zero attached hydrogens (tertiary/aromatic N) is 5. The molecule has 0 aliphatic carbocycles. The van der Waals surface area contributed by atoms with E-state index in [-0.39, 0.29) is 11.6 Å². The number of unbranched alkanes of at least 4 members (excludes halogenated alkanes) is 2. The molecule has 0 bridgehead atoms. The summed E-state index contributed by atoms with van der Waals surface area (Å²) in [5.74, 6) is 0.334. The predicted octanol–water partition coefficient (Wildman–Crippen LogP) is 6.14. The molecule has 9 nitrogen and oxygen atoms in total. The maximum Gasteiger partial charge on any atom is 0.303 e. The van der Waals surface area contributed by atoms with Gasteiger partial charge in [-0.1, -0.05) is 42.8 Å². The van der Waals surface area contributed by atoms with Crippen LogP contribution in [0.15, 0.2) is 69.2 Å². The predicted molar refractivity (Wildman–Crippen MR) is 144 cm³/mol. The highest BCUT2D eigenvalue weighted by molar-refractivity contribution is 7.14. The van der Waals surface area contributed by atoms with Crippen molar-refractivity contribution in [3.8, 4) is 17.0 Å². The Balaban J connectivity index is 1.41. The molecule has 1 aromatic heterocycles. The fourth-order valence-electron chi connectivity index (χ4n) is 3.75. The minimum atomic E-state index is -0.330. The number of aromatic nitrogens is 1. The van der Waals surface area contributed by atoms with Crippen LogP contribution in [0.3, 0.4) is 0 Å². The number of ether oxygens (including phenoxy) is 1. The van der Waals surface area contributed by atoms with Crippen molar-refractivity contribution in [3.05, 3.63) is 59.5 Å². The highest BCUT2D eigenvalue weighted by Gasteiger charge is 2.32. The molecule has 0 fully saturated rings. The van der Waals surface area contributed by atoms with Gasteiger partial charge in [0, 0.05) is 10.9 Å². The zero-order valence-corrected chi connectivity index (χ0v) is 21.2. The van der Waals surface area contributed by atoms with Crippen LogP contribution in [0.25, 0.3) is 11.3 Å². The number of hydrogen-bond donors (Lipinski definition) is 2. The van der Waals surface area contributed by atoms with E-state index in [0.29, 0.717) is 35.4 Å². The molecule has 36 heavy (non-hydrogen) atoms. The average molecular weight is 504 g/mol. The Morgan fingerprint density at radius 3 is 2.69 bits per heavy atom. The summed E-state index contributed by atoms with van der Waals surface area (Å²) in [5, 5.41) is 15.8. The first-order valence-electron chi connectivity index (χ1n) is 11.9. The third kappa shape index (κ3) is 6.01. The van der Waals surface area contributed by atoms with Crippen LogP contribution in [-0.4, -0.2) is 35.5 Å². The molecule has 10 heteroatoms. The van der Waals surface area contributed by atoms with E-state index >= 15 is 0 Å². The minimum absolute atomic E-state index is 0.235. The van der Waals surface area contributed by atoms with Crippen LogP contribution in [0, 0.1) is 5.53 Å². The van der Waals surface area contributed by atoms with Crippen LogP contribution in [0.5, 0.6) is 5.75 Å². The van der Waals surface area contributed by atoms with Crippen molar-refractivity contribution >= 4 is 39.5 Å². The van der Waals surface area contributed by atoms with Crippen molar-refractivity contribution in [2.24, 2.45) is 15.3 Å². The number of amides is 1. The molecule has 4 rings (SSSR count). The van der Waals surface area contributed by atoms with Crippen LogP contribution in [0.2, 0.25) is 0 Å². The average Bonchev–Trinajstić information content (AvgIpc) is 3.48. The van der Waals surface area contributed by atoms with Gasteiger partial charge in [-0.2, -0.15) is 20.3 Å². The van der Waals surface area contributed by atoms with Gasteiger partial charge >= 0.3 is 5.91 Å². The molecule has 186 valence electrons. The van der Waals surface area contributed by atoms with Gasteiger partial charge in [-0.15, -0.1) is 11.3 Å². The monoisotopic (exact) mass is 503 g/mol. The summed E-state index contributed by atoms with van der Waals surface area (Å²) in [4.78, 5) is 17.7. The van der Waals surface area contributed by atoms with Gasteiger partial charge in [0.15, 0.2) is 5.71 Å². The van der Waals surface area contributed by atoms with Crippen LogP contribution in [0.1, 0.15) is 38.7 Å². The van der Waals surface area contributed by atoms with E-state index in [9.17, 15) is 4.79 Å². The quantitative estimate of drug-likeness (QED) is 0.175. The standard InChI is InChI=1S/C26H29N7O2S/c1-3-35-23-11-7-6-10-21(23)30-31-24-18(2)32-33(25(24)34)26-29-22(17-36-26)20-14-12-19(13-15-20)9-5-4-8-16-28-27/h6-7,10-15,17,27,30H,3-5,8-9,16H2,1-2H3/b28-27?,31-24+. The summed E-state index contributed by atoms with van der Waals surface area (Å²) in [6.07, 6.45) is 4.12. The van der Waals surface area contributed by atoms with E-state index < -0.39 is 0 Å². The molecule has 0 saturated heterocycles. The molecule has 2 aromatic carbocycles. The van der Waals surface area contributed by atoms with E-state index in [2.05, 4.69) is 50.0 Å². The largest absolute Gasteiger partial charge is 0.492 e. The fraction of sp³-hybridized carbons (Fsp3) is 0.308. The Morgan fingerprint density at radius 1 is 1.11 bits per heavy atom. The van der Waals surface area contributed by atoms with Gasteiger partial charge in [-0.05, 0) is 50.8 Å². The smallest absolute Gasteiger partial charge is 0.303 e. The van der Waals surface area contributed by atoms with Crippen molar-refractivity contribution < 1.29 is 9.53 Å². The van der Waals surface area contributed by atoms with Gasteiger partial charge in [0.25, 0.3) is 0 Å². The van der Waals surface area contributed by atoms with Gasteiger partial charge in [-0.3, -0.25) is 10.2 Å². The van der Waals surface area contributed by atoms with E-state index in [4.69, 9.17) is 10.3 Å². The first kappa shape index (κ1) is 25.2. The third-order valence-corrected chi connectivity index (χ3v) is 6.44. The van der Waals surface area contributed by atoms with Crippen molar-refractivity contribution in [1.82, 2.24) is 4.98 Å². The molecule has 3 aromatic rings. The molecular weight excluding hydrogens is 474 g/mol. The number of nitrogens with one attached hydrogen (secondary N) is 2. The van der Waals surface area contributed by atoms with Gasteiger partial charge < -0.3 is 4.74 Å². The van der Waals surface area contributed by atoms with Crippen LogP contribution in [-0.2, 0) is 11.2 Å². The molecule has 1 aliphatic heterocycles. The normalized spacial score (nSPS) is 14.3. The topological polar surface area (TPSA) is 115 Å². The maximum atomic E-state index is 13.1. The van der Waals surface area contributed by atoms with Crippen LogP contribution in [0.4, 0.5) is 10.8 Å². The lowest BCUT2D eigenvalue weighted by Crippen LogP contribution is -2.27. The number of benzene rings is 2. The number of thiazole rings is 1. The number of carbonyl (C=O) groups is 1. The molecule has 0 atom stereocenters. The molecule has 1 aliphatic rings. The summed E-state index contributed by atoms with van der Waals surface area (Å²) < 4.78 is 5.61. The Kier molecular flexibility index (Phi) is 8.51. The van der Waals surface area contributed by atoms with E-state index in [1.807, 2.05) is 36.6 Å². The number of rotatable bonds is 12. The second-order valence-electron chi connectivity index (χ2n) is 8.21. The third-order valence-electron chi connectivity index (χ3n) is 5.62. The lowest BCUT2D eigenvalue weighted by molar-refractivity contribution is -0.112. The summed E-state index contributed by atoms with van der Waals surface area (Å²) in [6.45, 7) is 4.81. The second-order valence-corrected chi connectivity index (χ2v) is 9.04. The first-order valence-corrected chi connectivity index (χ1v) is 12.8. The Labute approximate surface area is 214 Å². The first-order chi connectivity index (χ1) is 17.6. The van der Waals surface area contributed by atoms with Crippen LogP contribution < -0.4 is 15.2 Å². The Bertz CT molecular complexity index is 1270. The Hall–Kier alpha value is -3.92. The van der Waals surface area contributed by atoms with Crippen molar-refractivity contribution in [2.75, 3.05) is 23.6 Å². The number of hydrogen-bond acceptors (Lipinski definition) is 9. The van der Waals surface area contributed by atoms with Crippen molar-refractivity contribution in [1.29, 1.82) is 5.53 Å². The van der Waals surface area contributed by atoms with Crippen molar-refractivity contribution in [2.45, 2.75) is 39.5 Å². The Morgan fingerprint density at radius 2 is 1.92 bits per heavy atom. The number of para-hydroxylation sites is 2. The number of carbonyl (C=O) groups excluding carboxylic acids is 1. The van der Waals surface area contributed by atoms with E-state index in [0.717, 1.165) is 36.9 Å². The summed E-state index contributed by atoms with van der Waals surface area (Å²) in [7, 11) is 0. The molecule has 0 saturated carbocycles. The lowest BCUT2D eigenvalue weighted by Gasteiger charge is -2.09. The zero-order chi connectivity index (χ0) is 25.3. The number of aryl methyl sites for hydroxylation is 1. The zero-order valence-electron chi connectivity index (χ0n) is 20.4. The van der Waals surface area contributed by atoms with E-state index in [1.165, 1.54) is 21.9 Å². The highest BCUT2D eigenvalue weighted by atomic mass is 32.1. The molecule has 0 spiro atoms. The van der Waals surface area contributed by atoms with Gasteiger partial charge in [0.1, 0.15) is 5.75 Å². The lowest BCUT2D eigenvalue weighted by atomic mass is 10.0. The van der Waals surface area contributed by atoms with Gasteiger partial charge in [-0.25, -0.2) is 10.5 Å². The van der Waals surface area contributed by atoms with Crippen LogP contribution >= 0.6 is 11.3 Å². The molecule has 0 unspecified atom stereocenters. The molecule has 0 radical (unpaired) electrons. The molecule has 2 heterocycles. The molecular formula is C26H29N7O2S.